The number of nitrogens with zero attached hydrogens (tertiary/aromatic N) is 1. The van der Waals surface area contributed by atoms with Gasteiger partial charge in [0.1, 0.15) is 18.1 Å². The number of non-ortho nitro benzene ring substituents is 1. The van der Waals surface area contributed by atoms with Gasteiger partial charge in [0.25, 0.3) is 11.6 Å². The quantitative estimate of drug-likeness (QED) is 0.260. The normalized spacial score (nSPS) is 11.0. The van der Waals surface area contributed by atoms with Crippen molar-refractivity contribution in [2.24, 2.45) is 0 Å². The number of carbonyl (C=O) groups is 2. The largest absolute Gasteiger partial charge is 0.466 e. The lowest BCUT2D eigenvalue weighted by atomic mass is 10.1. The highest BCUT2D eigenvalue weighted by Gasteiger charge is 2.18. The Morgan fingerprint density at radius 2 is 1.90 bits per heavy atom. The smallest absolute Gasteiger partial charge is 0.355 e. The third-order valence-corrected chi connectivity index (χ3v) is 4.15. The number of rotatable bonds is 7. The molecule has 3 rings (SSSR count). The molecule has 0 bridgehead atoms. The number of esters is 1. The van der Waals surface area contributed by atoms with E-state index >= 15 is 0 Å². The predicted octanol–water partition coefficient (Wildman–Crippen LogP) is 4.36. The summed E-state index contributed by atoms with van der Waals surface area (Å²) in [6.45, 7) is -0.129. The van der Waals surface area contributed by atoms with Crippen LogP contribution in [-0.4, -0.2) is 16.8 Å². The lowest BCUT2D eigenvalue weighted by Crippen LogP contribution is -2.28. The van der Waals surface area contributed by atoms with E-state index in [1.165, 1.54) is 30.5 Å². The summed E-state index contributed by atoms with van der Waals surface area (Å²) < 4.78 is 10.3. The number of furan rings is 1. The molecule has 0 fully saturated rings. The summed E-state index contributed by atoms with van der Waals surface area (Å²) in [5.41, 5.74) is 0.209. The van der Waals surface area contributed by atoms with Gasteiger partial charge in [0.15, 0.2) is 0 Å². The van der Waals surface area contributed by atoms with Crippen molar-refractivity contribution < 1.29 is 23.7 Å². The number of carbonyl (C=O) groups excluding carboxylic acids is 2. The lowest BCUT2D eigenvalue weighted by Gasteiger charge is -2.10. The molecule has 0 aliphatic carbocycles. The van der Waals surface area contributed by atoms with Gasteiger partial charge >= 0.3 is 5.97 Å². The first-order valence-corrected chi connectivity index (χ1v) is 9.03. The highest BCUT2D eigenvalue weighted by atomic mass is 35.5. The van der Waals surface area contributed by atoms with Crippen LogP contribution in [0.15, 0.2) is 77.0 Å². The number of amides is 1. The molecule has 0 aliphatic heterocycles. The van der Waals surface area contributed by atoms with Crippen LogP contribution >= 0.6 is 11.6 Å². The van der Waals surface area contributed by atoms with Crippen LogP contribution in [0.1, 0.15) is 21.7 Å². The number of hydrogen-bond acceptors (Lipinski definition) is 6. The summed E-state index contributed by atoms with van der Waals surface area (Å²) in [4.78, 5) is 35.5. The molecule has 1 aromatic heterocycles. The van der Waals surface area contributed by atoms with Gasteiger partial charge in [-0.1, -0.05) is 29.8 Å². The topological polar surface area (TPSA) is 112 Å². The van der Waals surface area contributed by atoms with Gasteiger partial charge in [-0.25, -0.2) is 4.79 Å². The Labute approximate surface area is 175 Å². The zero-order valence-corrected chi connectivity index (χ0v) is 16.2. The third-order valence-electron chi connectivity index (χ3n) is 3.89. The van der Waals surface area contributed by atoms with Gasteiger partial charge in [0.2, 0.25) is 0 Å². The zero-order chi connectivity index (χ0) is 21.5. The molecule has 0 spiro atoms. The minimum atomic E-state index is -0.805. The molecular formula is C21H15ClN2O6. The molecule has 1 N–H and O–H groups in total. The highest BCUT2D eigenvalue weighted by molar-refractivity contribution is 6.30. The summed E-state index contributed by atoms with van der Waals surface area (Å²) in [5.74, 6) is -1.08. The first-order chi connectivity index (χ1) is 14.4. The van der Waals surface area contributed by atoms with Crippen molar-refractivity contribution in [2.75, 3.05) is 0 Å². The van der Waals surface area contributed by atoms with E-state index < -0.39 is 16.8 Å². The molecule has 2 aromatic carbocycles. The van der Waals surface area contributed by atoms with Crippen molar-refractivity contribution in [3.05, 3.63) is 105 Å². The van der Waals surface area contributed by atoms with E-state index in [2.05, 4.69) is 5.32 Å². The zero-order valence-electron chi connectivity index (χ0n) is 15.4. The lowest BCUT2D eigenvalue weighted by molar-refractivity contribution is -0.384. The Morgan fingerprint density at radius 1 is 1.13 bits per heavy atom. The standard InChI is InChI=1S/C21H15ClN2O6/c22-16-8-6-14(7-9-16)11-19(21(26)30-13-18-5-2-10-29-18)23-20(25)15-3-1-4-17(12-15)24(27)28/h1-12H,13H2,(H,23,25)/b19-11-. The molecule has 0 saturated heterocycles. The Morgan fingerprint density at radius 3 is 2.57 bits per heavy atom. The Kier molecular flexibility index (Phi) is 6.61. The van der Waals surface area contributed by atoms with Crippen LogP contribution in [0.25, 0.3) is 6.08 Å². The fraction of sp³-hybridized carbons (Fsp3) is 0.0476. The van der Waals surface area contributed by atoms with Crippen molar-refractivity contribution in [3.8, 4) is 0 Å². The fourth-order valence-electron chi connectivity index (χ4n) is 2.44. The van der Waals surface area contributed by atoms with E-state index in [9.17, 15) is 19.7 Å². The van der Waals surface area contributed by atoms with Crippen LogP contribution in [0.4, 0.5) is 5.69 Å². The van der Waals surface area contributed by atoms with Crippen molar-refractivity contribution in [1.82, 2.24) is 5.32 Å². The Bertz CT molecular complexity index is 1090. The van der Waals surface area contributed by atoms with E-state index in [1.54, 1.807) is 36.4 Å². The van der Waals surface area contributed by atoms with Gasteiger partial charge in [-0.3, -0.25) is 14.9 Å². The third kappa shape index (κ3) is 5.55. The van der Waals surface area contributed by atoms with Gasteiger partial charge in [-0.2, -0.15) is 0 Å². The van der Waals surface area contributed by atoms with Crippen LogP contribution in [-0.2, 0) is 16.1 Å². The molecule has 0 atom stereocenters. The first kappa shape index (κ1) is 20.8. The van der Waals surface area contributed by atoms with Crippen molar-refractivity contribution in [3.63, 3.8) is 0 Å². The average Bonchev–Trinajstić information content (AvgIpc) is 3.26. The summed E-state index contributed by atoms with van der Waals surface area (Å²) >= 11 is 5.87. The number of nitro groups is 1. The highest BCUT2D eigenvalue weighted by Crippen LogP contribution is 2.16. The minimum Gasteiger partial charge on any atom is -0.466 e. The number of nitrogens with one attached hydrogen (secondary N) is 1. The Hall–Kier alpha value is -3.91. The summed E-state index contributed by atoms with van der Waals surface area (Å²) in [6, 6.07) is 15.0. The van der Waals surface area contributed by atoms with E-state index in [-0.39, 0.29) is 23.6 Å². The minimum absolute atomic E-state index is 0.0186. The van der Waals surface area contributed by atoms with Crippen molar-refractivity contribution in [1.29, 1.82) is 0 Å². The first-order valence-electron chi connectivity index (χ1n) is 8.65. The van der Waals surface area contributed by atoms with Crippen LogP contribution in [0, 0.1) is 10.1 Å². The second-order valence-corrected chi connectivity index (χ2v) is 6.46. The Balaban J connectivity index is 1.83. The summed E-state index contributed by atoms with van der Waals surface area (Å²) in [5, 5.41) is 13.9. The molecule has 0 aliphatic rings. The maximum atomic E-state index is 12.6. The predicted molar refractivity (Wildman–Crippen MR) is 108 cm³/mol. The number of halogens is 1. The van der Waals surface area contributed by atoms with E-state index in [1.807, 2.05) is 0 Å². The molecule has 152 valence electrons. The number of nitro benzene ring substituents is 1. The molecule has 0 radical (unpaired) electrons. The average molecular weight is 427 g/mol. The summed E-state index contributed by atoms with van der Waals surface area (Å²) in [6.07, 6.45) is 2.85. The van der Waals surface area contributed by atoms with E-state index in [0.717, 1.165) is 6.07 Å². The molecule has 0 saturated carbocycles. The molecule has 3 aromatic rings. The molecule has 8 nitrogen and oxygen atoms in total. The number of hydrogen-bond donors (Lipinski definition) is 1. The molecule has 1 heterocycles. The fourth-order valence-corrected chi connectivity index (χ4v) is 2.56. The van der Waals surface area contributed by atoms with Crippen LogP contribution in [0.5, 0.6) is 0 Å². The molecule has 30 heavy (non-hydrogen) atoms. The summed E-state index contributed by atoms with van der Waals surface area (Å²) in [7, 11) is 0. The van der Waals surface area contributed by atoms with Gasteiger partial charge in [-0.15, -0.1) is 0 Å². The second kappa shape index (κ2) is 9.53. The van der Waals surface area contributed by atoms with Gasteiger partial charge < -0.3 is 14.5 Å². The SMILES string of the molecule is O=C(OCc1ccco1)/C(=C/c1ccc(Cl)cc1)NC(=O)c1cccc([N+](=O)[O-])c1. The maximum absolute atomic E-state index is 12.6. The molecule has 0 unspecified atom stereocenters. The maximum Gasteiger partial charge on any atom is 0.355 e. The number of ether oxygens (including phenoxy) is 1. The molecule has 1 amide bonds. The van der Waals surface area contributed by atoms with Crippen LogP contribution in [0.2, 0.25) is 5.02 Å². The van der Waals surface area contributed by atoms with Gasteiger partial charge in [0.05, 0.1) is 11.2 Å². The number of benzene rings is 2. The monoisotopic (exact) mass is 426 g/mol. The molecular weight excluding hydrogens is 412 g/mol. The second-order valence-electron chi connectivity index (χ2n) is 6.03. The van der Waals surface area contributed by atoms with Crippen molar-refractivity contribution >= 4 is 35.2 Å². The van der Waals surface area contributed by atoms with E-state index in [0.29, 0.717) is 16.3 Å². The van der Waals surface area contributed by atoms with Crippen molar-refractivity contribution in [2.45, 2.75) is 6.61 Å². The van der Waals surface area contributed by atoms with E-state index in [4.69, 9.17) is 20.8 Å². The van der Waals surface area contributed by atoms with Gasteiger partial charge in [-0.05, 0) is 42.0 Å². The van der Waals surface area contributed by atoms with Crippen LogP contribution in [0.3, 0.4) is 0 Å². The molecule has 9 heteroatoms. The van der Waals surface area contributed by atoms with Crippen LogP contribution < -0.4 is 5.32 Å². The van der Waals surface area contributed by atoms with Gasteiger partial charge in [0, 0.05) is 22.7 Å².